The molecule has 5 heteroatoms. The molecule has 0 saturated carbocycles. The molecule has 0 aliphatic rings. The van der Waals surface area contributed by atoms with Gasteiger partial charge in [-0.1, -0.05) is 12.1 Å². The molecule has 0 aromatic heterocycles. The van der Waals surface area contributed by atoms with Crippen LogP contribution in [0.25, 0.3) is 0 Å². The number of carbonyl (C=O) groups excluding carboxylic acids is 1. The molecular weight excluding hydrogens is 264 g/mol. The number of aliphatic hydroxyl groups excluding tert-OH is 1. The summed E-state index contributed by atoms with van der Waals surface area (Å²) in [7, 11) is 0. The molecule has 20 heavy (non-hydrogen) atoms. The third-order valence-corrected chi connectivity index (χ3v) is 2.83. The van der Waals surface area contributed by atoms with E-state index >= 15 is 0 Å². The molecule has 0 bridgehead atoms. The molecule has 0 saturated heterocycles. The third-order valence-electron chi connectivity index (χ3n) is 2.83. The number of hydrogen-bond acceptors (Lipinski definition) is 2. The molecular formula is C15H13F2NO2. The highest BCUT2D eigenvalue weighted by Gasteiger charge is 2.10. The fourth-order valence-corrected chi connectivity index (χ4v) is 1.69. The standard InChI is InChI=1S/C15H13F2NO2/c1-9(19)10-2-5-12(6-3-10)18-15(20)11-4-7-13(16)14(17)8-11/h2-9,19H,1H3,(H,18,20). The first-order valence-electron chi connectivity index (χ1n) is 6.02. The minimum Gasteiger partial charge on any atom is -0.389 e. The fourth-order valence-electron chi connectivity index (χ4n) is 1.69. The van der Waals surface area contributed by atoms with Gasteiger partial charge in [-0.05, 0) is 42.8 Å². The van der Waals surface area contributed by atoms with Crippen LogP contribution in [0, 0.1) is 11.6 Å². The van der Waals surface area contributed by atoms with Gasteiger partial charge in [-0.25, -0.2) is 8.78 Å². The van der Waals surface area contributed by atoms with Crippen molar-refractivity contribution in [2.75, 3.05) is 5.32 Å². The van der Waals surface area contributed by atoms with E-state index in [1.54, 1.807) is 31.2 Å². The Morgan fingerprint density at radius 1 is 1.10 bits per heavy atom. The van der Waals surface area contributed by atoms with Crippen LogP contribution in [-0.4, -0.2) is 11.0 Å². The quantitative estimate of drug-likeness (QED) is 0.904. The first-order chi connectivity index (χ1) is 9.47. The molecule has 0 aliphatic heterocycles. The predicted molar refractivity (Wildman–Crippen MR) is 71.4 cm³/mol. The molecule has 0 spiro atoms. The van der Waals surface area contributed by atoms with Gasteiger partial charge in [-0.3, -0.25) is 4.79 Å². The maximum absolute atomic E-state index is 13.0. The van der Waals surface area contributed by atoms with Gasteiger partial charge >= 0.3 is 0 Å². The molecule has 2 N–H and O–H groups in total. The van der Waals surface area contributed by atoms with Crippen molar-refractivity contribution >= 4 is 11.6 Å². The molecule has 1 unspecified atom stereocenters. The second kappa shape index (κ2) is 5.79. The zero-order valence-electron chi connectivity index (χ0n) is 10.7. The van der Waals surface area contributed by atoms with E-state index in [-0.39, 0.29) is 5.56 Å². The van der Waals surface area contributed by atoms with E-state index in [4.69, 9.17) is 0 Å². The number of hydrogen-bond donors (Lipinski definition) is 2. The summed E-state index contributed by atoms with van der Waals surface area (Å²) < 4.78 is 25.8. The number of benzene rings is 2. The molecule has 0 radical (unpaired) electrons. The molecule has 2 rings (SSSR count). The number of carbonyl (C=O) groups is 1. The lowest BCUT2D eigenvalue weighted by Crippen LogP contribution is -2.12. The van der Waals surface area contributed by atoms with E-state index in [2.05, 4.69) is 5.32 Å². The minimum absolute atomic E-state index is 0.0310. The van der Waals surface area contributed by atoms with Crippen molar-refractivity contribution in [3.63, 3.8) is 0 Å². The van der Waals surface area contributed by atoms with Gasteiger partial charge in [-0.15, -0.1) is 0 Å². The van der Waals surface area contributed by atoms with E-state index in [0.29, 0.717) is 5.69 Å². The average Bonchev–Trinajstić information content (AvgIpc) is 2.42. The lowest BCUT2D eigenvalue weighted by atomic mass is 10.1. The molecule has 3 nitrogen and oxygen atoms in total. The molecule has 1 atom stereocenters. The van der Waals surface area contributed by atoms with Gasteiger partial charge in [0, 0.05) is 11.3 Å². The Bertz CT molecular complexity index is 624. The summed E-state index contributed by atoms with van der Waals surface area (Å²) in [4.78, 5) is 11.8. The van der Waals surface area contributed by atoms with Gasteiger partial charge in [0.1, 0.15) is 0 Å². The van der Waals surface area contributed by atoms with Crippen LogP contribution in [0.1, 0.15) is 28.9 Å². The number of aliphatic hydroxyl groups is 1. The first kappa shape index (κ1) is 14.1. The summed E-state index contributed by atoms with van der Waals surface area (Å²) in [5, 5.41) is 11.9. The van der Waals surface area contributed by atoms with Crippen LogP contribution in [0.15, 0.2) is 42.5 Å². The Kier molecular flexibility index (Phi) is 4.10. The number of halogens is 2. The summed E-state index contributed by atoms with van der Waals surface area (Å²) in [5.41, 5.74) is 1.25. The SMILES string of the molecule is CC(O)c1ccc(NC(=O)c2ccc(F)c(F)c2)cc1. The molecule has 0 heterocycles. The summed E-state index contributed by atoms with van der Waals surface area (Å²) in [6.07, 6.45) is -0.592. The molecule has 104 valence electrons. The summed E-state index contributed by atoms with van der Waals surface area (Å²) in [6, 6.07) is 9.55. The molecule has 0 aliphatic carbocycles. The Labute approximate surface area is 114 Å². The van der Waals surface area contributed by atoms with Gasteiger partial charge in [0.25, 0.3) is 5.91 Å². The molecule has 2 aromatic carbocycles. The van der Waals surface area contributed by atoms with E-state index in [1.165, 1.54) is 6.07 Å². The summed E-state index contributed by atoms with van der Waals surface area (Å²) in [6.45, 7) is 1.63. The normalized spacial score (nSPS) is 12.0. The van der Waals surface area contributed by atoms with E-state index in [1.807, 2.05) is 0 Å². The zero-order valence-corrected chi connectivity index (χ0v) is 10.7. The van der Waals surface area contributed by atoms with Gasteiger partial charge in [-0.2, -0.15) is 0 Å². The lowest BCUT2D eigenvalue weighted by molar-refractivity contribution is 0.102. The number of anilines is 1. The summed E-state index contributed by atoms with van der Waals surface area (Å²) >= 11 is 0. The van der Waals surface area contributed by atoms with Crippen molar-refractivity contribution in [2.24, 2.45) is 0 Å². The Balaban J connectivity index is 2.12. The second-order valence-electron chi connectivity index (χ2n) is 4.38. The highest BCUT2D eigenvalue weighted by atomic mass is 19.2. The average molecular weight is 277 g/mol. The highest BCUT2D eigenvalue weighted by molar-refractivity contribution is 6.04. The van der Waals surface area contributed by atoms with Crippen molar-refractivity contribution in [3.8, 4) is 0 Å². The van der Waals surface area contributed by atoms with Gasteiger partial charge in [0.15, 0.2) is 11.6 Å². The van der Waals surface area contributed by atoms with Crippen molar-refractivity contribution in [3.05, 3.63) is 65.2 Å². The smallest absolute Gasteiger partial charge is 0.255 e. The lowest BCUT2D eigenvalue weighted by Gasteiger charge is -2.08. The molecule has 1 amide bonds. The van der Waals surface area contributed by atoms with Crippen molar-refractivity contribution in [1.82, 2.24) is 0 Å². The van der Waals surface area contributed by atoms with Crippen LogP contribution >= 0.6 is 0 Å². The van der Waals surface area contributed by atoms with Gasteiger partial charge < -0.3 is 10.4 Å². The van der Waals surface area contributed by atoms with Crippen LogP contribution < -0.4 is 5.32 Å². The Morgan fingerprint density at radius 2 is 1.75 bits per heavy atom. The van der Waals surface area contributed by atoms with E-state index < -0.39 is 23.6 Å². The summed E-state index contributed by atoms with van der Waals surface area (Å²) in [5.74, 6) is -2.60. The predicted octanol–water partition coefficient (Wildman–Crippen LogP) is 3.27. The maximum Gasteiger partial charge on any atom is 0.255 e. The minimum atomic E-state index is -1.07. The fraction of sp³-hybridized carbons (Fsp3) is 0.133. The second-order valence-corrected chi connectivity index (χ2v) is 4.38. The topological polar surface area (TPSA) is 49.3 Å². The first-order valence-corrected chi connectivity index (χ1v) is 6.02. The zero-order chi connectivity index (χ0) is 14.7. The molecule has 0 fully saturated rings. The third kappa shape index (κ3) is 3.19. The van der Waals surface area contributed by atoms with E-state index in [9.17, 15) is 18.7 Å². The largest absolute Gasteiger partial charge is 0.389 e. The van der Waals surface area contributed by atoms with Crippen LogP contribution in [0.4, 0.5) is 14.5 Å². The maximum atomic E-state index is 13.0. The van der Waals surface area contributed by atoms with Crippen LogP contribution in [0.5, 0.6) is 0 Å². The van der Waals surface area contributed by atoms with Crippen molar-refractivity contribution < 1.29 is 18.7 Å². The molecule has 2 aromatic rings. The number of nitrogens with one attached hydrogen (secondary N) is 1. The van der Waals surface area contributed by atoms with Gasteiger partial charge in [0.2, 0.25) is 0 Å². The van der Waals surface area contributed by atoms with Crippen LogP contribution in [0.3, 0.4) is 0 Å². The van der Waals surface area contributed by atoms with Crippen molar-refractivity contribution in [1.29, 1.82) is 0 Å². The highest BCUT2D eigenvalue weighted by Crippen LogP contribution is 2.17. The van der Waals surface area contributed by atoms with Crippen molar-refractivity contribution in [2.45, 2.75) is 13.0 Å². The number of amides is 1. The monoisotopic (exact) mass is 277 g/mol. The Hall–Kier alpha value is -2.27. The van der Waals surface area contributed by atoms with E-state index in [0.717, 1.165) is 17.7 Å². The van der Waals surface area contributed by atoms with Crippen LogP contribution in [-0.2, 0) is 0 Å². The Morgan fingerprint density at radius 3 is 2.30 bits per heavy atom. The van der Waals surface area contributed by atoms with Crippen LogP contribution in [0.2, 0.25) is 0 Å². The van der Waals surface area contributed by atoms with Gasteiger partial charge in [0.05, 0.1) is 6.10 Å². The number of rotatable bonds is 3.